The number of hydrogen-bond donors (Lipinski definition) is 3. The van der Waals surface area contributed by atoms with Crippen LogP contribution in [0.1, 0.15) is 26.2 Å². The number of nitrogens with one attached hydrogen (secondary N) is 1. The Kier molecular flexibility index (Phi) is 7.21. The molecular formula is C13H25N3O2. The van der Waals surface area contributed by atoms with Crippen LogP contribution in [0.3, 0.4) is 0 Å². The molecule has 104 valence electrons. The molecule has 5 nitrogen and oxygen atoms in total. The van der Waals surface area contributed by atoms with Gasteiger partial charge in [-0.1, -0.05) is 6.92 Å². The smallest absolute Gasteiger partial charge is 0.0866 e. The summed E-state index contributed by atoms with van der Waals surface area (Å²) in [6.45, 7) is 5.05. The molecule has 3 atom stereocenters. The monoisotopic (exact) mass is 255 g/mol. The van der Waals surface area contributed by atoms with E-state index in [9.17, 15) is 5.11 Å². The fourth-order valence-electron chi connectivity index (χ4n) is 2.61. The summed E-state index contributed by atoms with van der Waals surface area (Å²) in [5, 5.41) is 30.9. The van der Waals surface area contributed by atoms with Crippen LogP contribution in [0.4, 0.5) is 0 Å². The largest absolute Gasteiger partial charge is 0.396 e. The normalized spacial score (nSPS) is 26.8. The minimum atomic E-state index is -0.284. The van der Waals surface area contributed by atoms with Gasteiger partial charge in [-0.05, 0) is 31.7 Å². The number of nitrogens with zero attached hydrogens (tertiary/aromatic N) is 2. The van der Waals surface area contributed by atoms with E-state index < -0.39 is 0 Å². The molecule has 0 amide bonds. The first-order valence-corrected chi connectivity index (χ1v) is 6.82. The molecule has 0 aromatic heterocycles. The van der Waals surface area contributed by atoms with Gasteiger partial charge in [-0.3, -0.25) is 4.90 Å². The highest BCUT2D eigenvalue weighted by Crippen LogP contribution is 2.21. The van der Waals surface area contributed by atoms with Gasteiger partial charge >= 0.3 is 0 Å². The second kappa shape index (κ2) is 8.44. The number of aliphatic hydroxyl groups is 2. The van der Waals surface area contributed by atoms with E-state index in [1.54, 1.807) is 0 Å². The van der Waals surface area contributed by atoms with Crippen molar-refractivity contribution < 1.29 is 10.2 Å². The van der Waals surface area contributed by atoms with Gasteiger partial charge in [0.15, 0.2) is 0 Å². The predicted octanol–water partition coefficient (Wildman–Crippen LogP) is -0.0566. The van der Waals surface area contributed by atoms with Crippen molar-refractivity contribution in [3.63, 3.8) is 0 Å². The summed E-state index contributed by atoms with van der Waals surface area (Å²) in [5.74, 6) is 0.240. The molecule has 1 aliphatic rings. The summed E-state index contributed by atoms with van der Waals surface area (Å²) in [6, 6.07) is 2.49. The second-order valence-electron chi connectivity index (χ2n) is 5.05. The van der Waals surface area contributed by atoms with Crippen molar-refractivity contribution in [3.05, 3.63) is 0 Å². The summed E-state index contributed by atoms with van der Waals surface area (Å²) >= 11 is 0. The molecule has 0 aromatic carbocycles. The van der Waals surface area contributed by atoms with E-state index in [0.717, 1.165) is 38.9 Å². The molecule has 1 aliphatic heterocycles. The van der Waals surface area contributed by atoms with Crippen LogP contribution in [0.2, 0.25) is 0 Å². The van der Waals surface area contributed by atoms with Crippen molar-refractivity contribution in [1.82, 2.24) is 10.2 Å². The summed E-state index contributed by atoms with van der Waals surface area (Å²) in [6.07, 6.45) is 2.17. The molecule has 0 aromatic rings. The van der Waals surface area contributed by atoms with Crippen LogP contribution in [-0.4, -0.2) is 60.0 Å². The third kappa shape index (κ3) is 4.91. The minimum absolute atomic E-state index is 0.197. The van der Waals surface area contributed by atoms with E-state index in [1.807, 2.05) is 6.92 Å². The molecule has 1 heterocycles. The maximum atomic E-state index is 9.98. The van der Waals surface area contributed by atoms with Crippen LogP contribution < -0.4 is 5.32 Å². The van der Waals surface area contributed by atoms with Crippen LogP contribution in [0.5, 0.6) is 0 Å². The average molecular weight is 255 g/mol. The molecule has 3 unspecified atom stereocenters. The summed E-state index contributed by atoms with van der Waals surface area (Å²) in [7, 11) is 0. The van der Waals surface area contributed by atoms with Gasteiger partial charge < -0.3 is 15.5 Å². The first-order valence-electron chi connectivity index (χ1n) is 6.82. The number of nitriles is 1. The molecule has 0 saturated carbocycles. The van der Waals surface area contributed by atoms with E-state index in [4.69, 9.17) is 10.4 Å². The summed E-state index contributed by atoms with van der Waals surface area (Å²) in [5.41, 5.74) is 0. The highest BCUT2D eigenvalue weighted by Gasteiger charge is 2.30. The first-order chi connectivity index (χ1) is 8.71. The van der Waals surface area contributed by atoms with Gasteiger partial charge in [0.1, 0.15) is 0 Å². The third-order valence-electron chi connectivity index (χ3n) is 3.58. The van der Waals surface area contributed by atoms with Gasteiger partial charge in [-0.15, -0.1) is 0 Å². The Morgan fingerprint density at radius 3 is 2.89 bits per heavy atom. The second-order valence-corrected chi connectivity index (χ2v) is 5.05. The molecule has 0 aliphatic carbocycles. The molecular weight excluding hydrogens is 230 g/mol. The van der Waals surface area contributed by atoms with E-state index in [1.165, 1.54) is 0 Å². The SMILES string of the molecule is CCC(O)C1CC(NCCCO)CN(CC#N)C1. The van der Waals surface area contributed by atoms with Crippen molar-refractivity contribution in [2.45, 2.75) is 38.3 Å². The van der Waals surface area contributed by atoms with Gasteiger partial charge in [0.25, 0.3) is 0 Å². The fraction of sp³-hybridized carbons (Fsp3) is 0.923. The van der Waals surface area contributed by atoms with Crippen LogP contribution in [-0.2, 0) is 0 Å². The maximum absolute atomic E-state index is 9.98. The molecule has 0 bridgehead atoms. The van der Waals surface area contributed by atoms with Crippen molar-refractivity contribution in [3.8, 4) is 6.07 Å². The van der Waals surface area contributed by atoms with E-state index in [2.05, 4.69) is 16.3 Å². The van der Waals surface area contributed by atoms with Crippen molar-refractivity contribution in [2.75, 3.05) is 32.8 Å². The van der Waals surface area contributed by atoms with Crippen LogP contribution in [0, 0.1) is 17.2 Å². The Hall–Kier alpha value is -0.670. The molecule has 0 radical (unpaired) electrons. The number of rotatable bonds is 7. The zero-order chi connectivity index (χ0) is 13.4. The predicted molar refractivity (Wildman–Crippen MR) is 70.0 cm³/mol. The minimum Gasteiger partial charge on any atom is -0.396 e. The molecule has 5 heteroatoms. The zero-order valence-corrected chi connectivity index (χ0v) is 11.2. The van der Waals surface area contributed by atoms with Gasteiger partial charge in [0.05, 0.1) is 18.7 Å². The Morgan fingerprint density at radius 1 is 1.50 bits per heavy atom. The number of hydrogen-bond acceptors (Lipinski definition) is 5. The number of piperidine rings is 1. The van der Waals surface area contributed by atoms with Gasteiger partial charge in [0, 0.05) is 25.7 Å². The molecule has 3 N–H and O–H groups in total. The summed E-state index contributed by atoms with van der Waals surface area (Å²) < 4.78 is 0. The van der Waals surface area contributed by atoms with Gasteiger partial charge in [-0.2, -0.15) is 5.26 Å². The molecule has 1 fully saturated rings. The van der Waals surface area contributed by atoms with E-state index >= 15 is 0 Å². The fourth-order valence-corrected chi connectivity index (χ4v) is 2.61. The van der Waals surface area contributed by atoms with Gasteiger partial charge in [-0.25, -0.2) is 0 Å². The Morgan fingerprint density at radius 2 is 2.28 bits per heavy atom. The molecule has 0 spiro atoms. The zero-order valence-electron chi connectivity index (χ0n) is 11.2. The van der Waals surface area contributed by atoms with E-state index in [-0.39, 0.29) is 18.6 Å². The average Bonchev–Trinajstić information content (AvgIpc) is 2.38. The van der Waals surface area contributed by atoms with Gasteiger partial charge in [0.2, 0.25) is 0 Å². The van der Waals surface area contributed by atoms with Crippen LogP contribution in [0.15, 0.2) is 0 Å². The lowest BCUT2D eigenvalue weighted by molar-refractivity contribution is 0.0400. The highest BCUT2D eigenvalue weighted by atomic mass is 16.3. The molecule has 1 rings (SSSR count). The lowest BCUT2D eigenvalue weighted by Gasteiger charge is -2.38. The molecule has 18 heavy (non-hydrogen) atoms. The standard InChI is InChI=1S/C13H25N3O2/c1-2-13(18)11-8-12(15-5-3-7-17)10-16(9-11)6-4-14/h11-13,15,17-18H,2-3,5-10H2,1H3. The third-order valence-corrected chi connectivity index (χ3v) is 3.58. The van der Waals surface area contributed by atoms with Crippen molar-refractivity contribution in [1.29, 1.82) is 5.26 Å². The van der Waals surface area contributed by atoms with Crippen molar-refractivity contribution >= 4 is 0 Å². The Labute approximate surface area is 109 Å². The highest BCUT2D eigenvalue weighted by molar-refractivity contribution is 4.89. The van der Waals surface area contributed by atoms with E-state index in [0.29, 0.717) is 12.6 Å². The molecule has 1 saturated heterocycles. The van der Waals surface area contributed by atoms with Crippen LogP contribution in [0.25, 0.3) is 0 Å². The lowest BCUT2D eigenvalue weighted by atomic mass is 9.88. The quantitative estimate of drug-likeness (QED) is 0.439. The lowest BCUT2D eigenvalue weighted by Crippen LogP contribution is -2.51. The maximum Gasteiger partial charge on any atom is 0.0866 e. The first kappa shape index (κ1) is 15.4. The Balaban J connectivity index is 2.48. The number of aliphatic hydroxyl groups excluding tert-OH is 2. The topological polar surface area (TPSA) is 79.5 Å². The van der Waals surface area contributed by atoms with Crippen LogP contribution >= 0.6 is 0 Å². The summed E-state index contributed by atoms with van der Waals surface area (Å²) in [4.78, 5) is 2.10. The Bertz CT molecular complexity index is 267. The number of likely N-dealkylation sites (tertiary alicyclic amines) is 1. The van der Waals surface area contributed by atoms with Crippen molar-refractivity contribution in [2.24, 2.45) is 5.92 Å².